The Morgan fingerprint density at radius 1 is 1.36 bits per heavy atom. The topological polar surface area (TPSA) is 39.7 Å². The summed E-state index contributed by atoms with van der Waals surface area (Å²) < 4.78 is 0. The van der Waals surface area contributed by atoms with Gasteiger partial charge in [-0.15, -0.1) is 0 Å². The molecule has 0 saturated carbocycles. The molecule has 1 aliphatic heterocycles. The van der Waals surface area contributed by atoms with Crippen LogP contribution in [-0.2, 0) is 0 Å². The molecule has 0 amide bonds. The summed E-state index contributed by atoms with van der Waals surface area (Å²) in [6, 6.07) is 0.464. The van der Waals surface area contributed by atoms with E-state index in [0.29, 0.717) is 17.4 Å². The Balaban J connectivity index is 2.43. The zero-order valence-corrected chi connectivity index (χ0v) is 15.7. The average molecular weight is 311 g/mol. The SMILES string of the molecule is CCNC(=NCC1CCCN(C)C1)NC(C)CCC(C)(C)C. The van der Waals surface area contributed by atoms with Crippen molar-refractivity contribution in [2.24, 2.45) is 16.3 Å². The van der Waals surface area contributed by atoms with Gasteiger partial charge in [0.05, 0.1) is 0 Å². The van der Waals surface area contributed by atoms with Gasteiger partial charge in [-0.25, -0.2) is 0 Å². The number of hydrogen-bond donors (Lipinski definition) is 2. The molecule has 2 atom stereocenters. The third-order valence-corrected chi connectivity index (χ3v) is 4.28. The first-order valence-corrected chi connectivity index (χ1v) is 9.03. The van der Waals surface area contributed by atoms with E-state index < -0.39 is 0 Å². The standard InChI is InChI=1S/C18H38N4/c1-7-19-17(21-15(2)10-11-18(3,4)5)20-13-16-9-8-12-22(6)14-16/h15-16H,7-14H2,1-6H3,(H2,19,20,21). The van der Waals surface area contributed by atoms with Crippen molar-refractivity contribution in [3.05, 3.63) is 0 Å². The third-order valence-electron chi connectivity index (χ3n) is 4.28. The summed E-state index contributed by atoms with van der Waals surface area (Å²) in [4.78, 5) is 7.25. The minimum atomic E-state index is 0.401. The van der Waals surface area contributed by atoms with Crippen molar-refractivity contribution in [2.45, 2.75) is 66.3 Å². The van der Waals surface area contributed by atoms with E-state index in [0.717, 1.165) is 19.0 Å². The van der Waals surface area contributed by atoms with Crippen molar-refractivity contribution in [3.8, 4) is 0 Å². The van der Waals surface area contributed by atoms with Gasteiger partial charge in [-0.05, 0) is 64.5 Å². The smallest absolute Gasteiger partial charge is 0.191 e. The van der Waals surface area contributed by atoms with Crippen LogP contribution in [0.1, 0.15) is 60.3 Å². The van der Waals surface area contributed by atoms with E-state index in [2.05, 4.69) is 57.2 Å². The highest BCUT2D eigenvalue weighted by molar-refractivity contribution is 5.80. The van der Waals surface area contributed by atoms with Crippen LogP contribution in [0.15, 0.2) is 4.99 Å². The minimum absolute atomic E-state index is 0.401. The van der Waals surface area contributed by atoms with Crippen LogP contribution in [0.4, 0.5) is 0 Å². The highest BCUT2D eigenvalue weighted by atomic mass is 15.2. The predicted octanol–water partition coefficient (Wildman–Crippen LogP) is 3.10. The van der Waals surface area contributed by atoms with Crippen LogP contribution in [0.2, 0.25) is 0 Å². The lowest BCUT2D eigenvalue weighted by atomic mass is 9.89. The Bertz CT molecular complexity index is 332. The van der Waals surface area contributed by atoms with Gasteiger partial charge in [-0.2, -0.15) is 0 Å². The van der Waals surface area contributed by atoms with Gasteiger partial charge in [0.25, 0.3) is 0 Å². The van der Waals surface area contributed by atoms with Crippen LogP contribution in [0.25, 0.3) is 0 Å². The van der Waals surface area contributed by atoms with Crippen LogP contribution in [0.5, 0.6) is 0 Å². The van der Waals surface area contributed by atoms with Crippen LogP contribution < -0.4 is 10.6 Å². The second-order valence-corrected chi connectivity index (χ2v) is 8.13. The maximum absolute atomic E-state index is 4.82. The summed E-state index contributed by atoms with van der Waals surface area (Å²) in [6.07, 6.45) is 5.03. The lowest BCUT2D eigenvalue weighted by Gasteiger charge is -2.29. The molecule has 1 saturated heterocycles. The summed E-state index contributed by atoms with van der Waals surface area (Å²) in [5.74, 6) is 1.69. The van der Waals surface area contributed by atoms with Gasteiger partial charge in [0.2, 0.25) is 0 Å². The zero-order chi connectivity index (χ0) is 16.6. The average Bonchev–Trinajstić information content (AvgIpc) is 2.42. The molecule has 0 radical (unpaired) electrons. The van der Waals surface area contributed by atoms with E-state index >= 15 is 0 Å². The summed E-state index contributed by atoms with van der Waals surface area (Å²) >= 11 is 0. The van der Waals surface area contributed by atoms with E-state index in [1.54, 1.807) is 0 Å². The molecule has 1 rings (SSSR count). The molecular formula is C18H38N4. The van der Waals surface area contributed by atoms with Crippen molar-refractivity contribution in [3.63, 3.8) is 0 Å². The van der Waals surface area contributed by atoms with Crippen molar-refractivity contribution in [1.29, 1.82) is 0 Å². The highest BCUT2D eigenvalue weighted by Crippen LogP contribution is 2.21. The number of piperidine rings is 1. The van der Waals surface area contributed by atoms with E-state index in [4.69, 9.17) is 4.99 Å². The number of guanidine groups is 1. The molecule has 0 aromatic rings. The summed E-state index contributed by atoms with van der Waals surface area (Å²) in [7, 11) is 2.22. The first kappa shape index (κ1) is 19.3. The molecule has 1 aliphatic rings. The van der Waals surface area contributed by atoms with Gasteiger partial charge in [-0.3, -0.25) is 4.99 Å². The maximum Gasteiger partial charge on any atom is 0.191 e. The molecule has 0 bridgehead atoms. The highest BCUT2D eigenvalue weighted by Gasteiger charge is 2.17. The van der Waals surface area contributed by atoms with Crippen LogP contribution >= 0.6 is 0 Å². The second kappa shape index (κ2) is 9.39. The largest absolute Gasteiger partial charge is 0.357 e. The lowest BCUT2D eigenvalue weighted by molar-refractivity contribution is 0.214. The van der Waals surface area contributed by atoms with Gasteiger partial charge in [0.1, 0.15) is 0 Å². The van der Waals surface area contributed by atoms with E-state index in [-0.39, 0.29) is 0 Å². The van der Waals surface area contributed by atoms with Gasteiger partial charge in [0.15, 0.2) is 5.96 Å². The molecule has 2 N–H and O–H groups in total. The molecule has 0 spiro atoms. The van der Waals surface area contributed by atoms with Crippen molar-refractivity contribution in [1.82, 2.24) is 15.5 Å². The normalized spacial score (nSPS) is 22.5. The van der Waals surface area contributed by atoms with Crippen LogP contribution in [0, 0.1) is 11.3 Å². The summed E-state index contributed by atoms with van der Waals surface area (Å²) in [6.45, 7) is 15.6. The molecule has 0 aliphatic carbocycles. The van der Waals surface area contributed by atoms with Crippen LogP contribution in [0.3, 0.4) is 0 Å². The zero-order valence-electron chi connectivity index (χ0n) is 15.7. The fraction of sp³-hybridized carbons (Fsp3) is 0.944. The molecular weight excluding hydrogens is 272 g/mol. The number of aliphatic imine (C=N–C) groups is 1. The Kier molecular flexibility index (Phi) is 8.23. The molecule has 2 unspecified atom stereocenters. The lowest BCUT2D eigenvalue weighted by Crippen LogP contribution is -2.43. The first-order valence-electron chi connectivity index (χ1n) is 9.03. The van der Waals surface area contributed by atoms with E-state index in [9.17, 15) is 0 Å². The van der Waals surface area contributed by atoms with Gasteiger partial charge in [-0.1, -0.05) is 20.8 Å². The number of likely N-dealkylation sites (tertiary alicyclic amines) is 1. The first-order chi connectivity index (χ1) is 10.3. The van der Waals surface area contributed by atoms with Gasteiger partial charge < -0.3 is 15.5 Å². The number of nitrogens with one attached hydrogen (secondary N) is 2. The monoisotopic (exact) mass is 310 g/mol. The Labute approximate surface area is 138 Å². The fourth-order valence-electron chi connectivity index (χ4n) is 2.92. The minimum Gasteiger partial charge on any atom is -0.357 e. The summed E-state index contributed by atoms with van der Waals surface area (Å²) in [5, 5.41) is 6.95. The molecule has 0 aromatic heterocycles. The quantitative estimate of drug-likeness (QED) is 0.585. The van der Waals surface area contributed by atoms with Gasteiger partial charge in [0, 0.05) is 25.7 Å². The molecule has 4 nitrogen and oxygen atoms in total. The number of hydrogen-bond acceptors (Lipinski definition) is 2. The maximum atomic E-state index is 4.82. The van der Waals surface area contributed by atoms with Crippen molar-refractivity contribution < 1.29 is 0 Å². The van der Waals surface area contributed by atoms with E-state index in [1.165, 1.54) is 38.8 Å². The predicted molar refractivity (Wildman–Crippen MR) is 97.5 cm³/mol. The molecule has 130 valence electrons. The molecule has 1 heterocycles. The second-order valence-electron chi connectivity index (χ2n) is 8.13. The van der Waals surface area contributed by atoms with Crippen molar-refractivity contribution in [2.75, 3.05) is 33.2 Å². The molecule has 1 fully saturated rings. The third kappa shape index (κ3) is 8.62. The van der Waals surface area contributed by atoms with E-state index in [1.807, 2.05) is 0 Å². The Hall–Kier alpha value is -0.770. The molecule has 0 aromatic carbocycles. The Morgan fingerprint density at radius 3 is 2.68 bits per heavy atom. The molecule has 22 heavy (non-hydrogen) atoms. The fourth-order valence-corrected chi connectivity index (χ4v) is 2.92. The van der Waals surface area contributed by atoms with Gasteiger partial charge >= 0.3 is 0 Å². The Morgan fingerprint density at radius 2 is 2.09 bits per heavy atom. The van der Waals surface area contributed by atoms with Crippen LogP contribution in [-0.4, -0.2) is 50.1 Å². The number of rotatable bonds is 6. The molecule has 4 heteroatoms. The number of nitrogens with zero attached hydrogens (tertiary/aromatic N) is 2. The van der Waals surface area contributed by atoms with Crippen molar-refractivity contribution >= 4 is 5.96 Å². The summed E-state index contributed by atoms with van der Waals surface area (Å²) in [5.41, 5.74) is 0.401.